The minimum atomic E-state index is -0.950. The zero-order chi connectivity index (χ0) is 23.4. The fourth-order valence-electron chi connectivity index (χ4n) is 3.79. The molecule has 0 saturated carbocycles. The minimum absolute atomic E-state index is 0.130. The first-order valence-electron chi connectivity index (χ1n) is 11.1. The van der Waals surface area contributed by atoms with E-state index in [-0.39, 0.29) is 17.6 Å². The smallest absolute Gasteiger partial charge is 0.336 e. The number of carboxylic acids is 1. The van der Waals surface area contributed by atoms with Crippen LogP contribution >= 0.6 is 0 Å². The third-order valence-corrected chi connectivity index (χ3v) is 5.71. The molecule has 4 rings (SSSR count). The lowest BCUT2D eigenvalue weighted by molar-refractivity contribution is 0.0694. The van der Waals surface area contributed by atoms with Gasteiger partial charge in [0.05, 0.1) is 12.1 Å². The first kappa shape index (κ1) is 22.5. The summed E-state index contributed by atoms with van der Waals surface area (Å²) >= 11 is 0. The number of carboxylic acid groups (broad SMARTS) is 1. The van der Waals surface area contributed by atoms with Gasteiger partial charge >= 0.3 is 5.97 Å². The molecule has 1 N–H and O–H groups in total. The van der Waals surface area contributed by atoms with Crippen LogP contribution in [0.3, 0.4) is 0 Å². The number of hydrogen-bond donors (Lipinski definition) is 1. The first-order valence-corrected chi connectivity index (χ1v) is 11.1. The van der Waals surface area contributed by atoms with Gasteiger partial charge in [-0.15, -0.1) is 0 Å². The predicted molar refractivity (Wildman–Crippen MR) is 130 cm³/mol. The molecule has 0 unspecified atom stereocenters. The van der Waals surface area contributed by atoms with Crippen molar-refractivity contribution in [1.29, 1.82) is 0 Å². The maximum absolute atomic E-state index is 11.4. The van der Waals surface area contributed by atoms with Crippen molar-refractivity contribution < 1.29 is 19.4 Å². The molecule has 0 fully saturated rings. The predicted octanol–water partition coefficient (Wildman–Crippen LogP) is 6.30. The average Bonchev–Trinajstić information content (AvgIpc) is 3.20. The second kappa shape index (κ2) is 9.41. The molecular weight excluding hydrogens is 414 g/mol. The fourth-order valence-corrected chi connectivity index (χ4v) is 3.79. The Kier molecular flexibility index (Phi) is 6.40. The van der Waals surface area contributed by atoms with E-state index in [0.717, 1.165) is 23.2 Å². The van der Waals surface area contributed by atoms with E-state index in [4.69, 9.17) is 9.47 Å². The quantitative estimate of drug-likeness (QED) is 0.347. The molecule has 0 amide bonds. The molecule has 1 heterocycles. The molecule has 0 aliphatic rings. The Morgan fingerprint density at radius 1 is 0.909 bits per heavy atom. The van der Waals surface area contributed by atoms with E-state index in [0.29, 0.717) is 17.9 Å². The van der Waals surface area contributed by atoms with Gasteiger partial charge in [0.25, 0.3) is 0 Å². The largest absolute Gasteiger partial charge is 0.492 e. The third kappa shape index (κ3) is 5.37. The van der Waals surface area contributed by atoms with Crippen molar-refractivity contribution in [2.24, 2.45) is 0 Å². The number of aromatic carboxylic acids is 1. The summed E-state index contributed by atoms with van der Waals surface area (Å²) in [5.41, 5.74) is 3.42. The lowest BCUT2D eigenvalue weighted by Gasteiger charge is -2.19. The van der Waals surface area contributed by atoms with Crippen LogP contribution in [0.15, 0.2) is 79.0 Å². The summed E-state index contributed by atoms with van der Waals surface area (Å²) in [6.07, 6.45) is 2.04. The van der Waals surface area contributed by atoms with Crippen molar-refractivity contribution in [3.05, 3.63) is 95.7 Å². The van der Waals surface area contributed by atoms with Crippen LogP contribution in [0.2, 0.25) is 0 Å². The number of carbonyl (C=O) groups is 1. The molecule has 0 radical (unpaired) electrons. The molecular formula is C28H29NO4. The monoisotopic (exact) mass is 443 g/mol. The molecule has 1 aromatic heterocycles. The molecule has 33 heavy (non-hydrogen) atoms. The van der Waals surface area contributed by atoms with Crippen molar-refractivity contribution >= 4 is 16.9 Å². The van der Waals surface area contributed by atoms with Crippen LogP contribution in [0.25, 0.3) is 10.9 Å². The summed E-state index contributed by atoms with van der Waals surface area (Å²) < 4.78 is 14.0. The van der Waals surface area contributed by atoms with Gasteiger partial charge in [-0.25, -0.2) is 4.79 Å². The molecule has 4 aromatic rings. The van der Waals surface area contributed by atoms with E-state index in [2.05, 4.69) is 37.5 Å². The fraction of sp³-hybridized carbons (Fsp3) is 0.250. The Morgan fingerprint density at radius 3 is 2.36 bits per heavy atom. The van der Waals surface area contributed by atoms with Gasteiger partial charge in [0.2, 0.25) is 0 Å². The van der Waals surface area contributed by atoms with Crippen molar-refractivity contribution in [1.82, 2.24) is 4.57 Å². The van der Waals surface area contributed by atoms with Crippen LogP contribution in [-0.2, 0) is 18.6 Å². The van der Waals surface area contributed by atoms with Gasteiger partial charge < -0.3 is 19.1 Å². The van der Waals surface area contributed by atoms with Crippen LogP contribution in [0.4, 0.5) is 0 Å². The Hall–Kier alpha value is -3.73. The van der Waals surface area contributed by atoms with Crippen LogP contribution in [0, 0.1) is 0 Å². The lowest BCUT2D eigenvalue weighted by Crippen LogP contribution is -2.11. The van der Waals surface area contributed by atoms with Gasteiger partial charge in [-0.3, -0.25) is 0 Å². The van der Waals surface area contributed by atoms with Crippen LogP contribution < -0.4 is 9.47 Å². The molecule has 0 saturated heterocycles. The molecule has 3 aromatic carbocycles. The van der Waals surface area contributed by atoms with Crippen LogP contribution in [0.1, 0.15) is 42.3 Å². The van der Waals surface area contributed by atoms with E-state index in [1.165, 1.54) is 5.56 Å². The van der Waals surface area contributed by atoms with Crippen LogP contribution in [-0.4, -0.2) is 22.2 Å². The Labute approximate surface area is 194 Å². The summed E-state index contributed by atoms with van der Waals surface area (Å²) in [6, 6.07) is 23.1. The third-order valence-electron chi connectivity index (χ3n) is 5.71. The average molecular weight is 444 g/mol. The molecule has 0 bridgehead atoms. The van der Waals surface area contributed by atoms with Gasteiger partial charge in [0, 0.05) is 22.7 Å². The van der Waals surface area contributed by atoms with E-state index in [1.54, 1.807) is 18.2 Å². The molecule has 5 heteroatoms. The van der Waals surface area contributed by atoms with E-state index in [9.17, 15) is 9.90 Å². The molecule has 0 aliphatic heterocycles. The van der Waals surface area contributed by atoms with Crippen molar-refractivity contribution in [3.8, 4) is 11.5 Å². The van der Waals surface area contributed by atoms with E-state index < -0.39 is 5.97 Å². The maximum Gasteiger partial charge on any atom is 0.336 e. The highest BCUT2D eigenvalue weighted by molar-refractivity contribution is 5.89. The SMILES string of the molecule is CC(C)(C)c1ccc(OCCn2ccc3cc(OCc4ccccc4C(=O)O)ccc32)cc1. The van der Waals surface area contributed by atoms with E-state index >= 15 is 0 Å². The summed E-state index contributed by atoms with van der Waals surface area (Å²) in [4.78, 5) is 11.4. The molecule has 0 atom stereocenters. The number of hydrogen-bond acceptors (Lipinski definition) is 3. The Bertz CT molecular complexity index is 1250. The Morgan fingerprint density at radius 2 is 1.64 bits per heavy atom. The number of fused-ring (bicyclic) bond motifs is 1. The summed E-state index contributed by atoms with van der Waals surface area (Å²) in [5, 5.41) is 10.4. The number of nitrogens with zero attached hydrogens (tertiary/aromatic N) is 1. The topological polar surface area (TPSA) is 60.7 Å². The molecule has 170 valence electrons. The number of ether oxygens (including phenoxy) is 2. The highest BCUT2D eigenvalue weighted by Gasteiger charge is 2.13. The normalized spacial score (nSPS) is 11.5. The minimum Gasteiger partial charge on any atom is -0.492 e. The number of aromatic nitrogens is 1. The number of benzene rings is 3. The number of rotatable bonds is 8. The van der Waals surface area contributed by atoms with Gasteiger partial charge in [-0.05, 0) is 53.4 Å². The second-order valence-corrected chi connectivity index (χ2v) is 9.10. The van der Waals surface area contributed by atoms with Gasteiger partial charge in [-0.2, -0.15) is 0 Å². The first-order chi connectivity index (χ1) is 15.8. The molecule has 0 spiro atoms. The Balaban J connectivity index is 1.36. The van der Waals surface area contributed by atoms with Gasteiger partial charge in [0.15, 0.2) is 0 Å². The zero-order valence-corrected chi connectivity index (χ0v) is 19.2. The molecule has 0 aliphatic carbocycles. The van der Waals surface area contributed by atoms with Crippen molar-refractivity contribution in [3.63, 3.8) is 0 Å². The lowest BCUT2D eigenvalue weighted by atomic mass is 9.87. The summed E-state index contributed by atoms with van der Waals surface area (Å²) in [7, 11) is 0. The standard InChI is InChI=1S/C28H29NO4/c1-28(2,3)22-8-10-23(11-9-22)32-17-16-29-15-14-20-18-24(12-13-26(20)29)33-19-21-6-4-5-7-25(21)27(30)31/h4-15,18H,16-17,19H2,1-3H3,(H,30,31). The van der Waals surface area contributed by atoms with Gasteiger partial charge in [0.1, 0.15) is 24.7 Å². The van der Waals surface area contributed by atoms with Gasteiger partial charge in [-0.1, -0.05) is 51.1 Å². The van der Waals surface area contributed by atoms with Crippen molar-refractivity contribution in [2.45, 2.75) is 39.3 Å². The van der Waals surface area contributed by atoms with E-state index in [1.807, 2.05) is 48.7 Å². The van der Waals surface area contributed by atoms with Crippen molar-refractivity contribution in [2.75, 3.05) is 6.61 Å². The summed E-state index contributed by atoms with van der Waals surface area (Å²) in [6.45, 7) is 8.11. The summed E-state index contributed by atoms with van der Waals surface area (Å²) in [5.74, 6) is 0.626. The highest BCUT2D eigenvalue weighted by Crippen LogP contribution is 2.25. The highest BCUT2D eigenvalue weighted by atomic mass is 16.5. The maximum atomic E-state index is 11.4. The molecule has 5 nitrogen and oxygen atoms in total. The second-order valence-electron chi connectivity index (χ2n) is 9.10. The van der Waals surface area contributed by atoms with Crippen LogP contribution in [0.5, 0.6) is 11.5 Å². The zero-order valence-electron chi connectivity index (χ0n) is 19.2.